The van der Waals surface area contributed by atoms with Gasteiger partial charge >= 0.3 is 0 Å². The van der Waals surface area contributed by atoms with Gasteiger partial charge < -0.3 is 20.4 Å². The molecule has 0 heterocycles. The minimum atomic E-state index is -0.275. The summed E-state index contributed by atoms with van der Waals surface area (Å²) in [6, 6.07) is 10.0. The SMILES string of the molecule is CC(Nc1cc(Cl)ccc1N(C)C)c1c(O)cccc1O. The summed E-state index contributed by atoms with van der Waals surface area (Å²) < 4.78 is 0. The van der Waals surface area contributed by atoms with Crippen molar-refractivity contribution in [3.63, 3.8) is 0 Å². The van der Waals surface area contributed by atoms with E-state index in [-0.39, 0.29) is 17.5 Å². The number of nitrogens with one attached hydrogen (secondary N) is 1. The largest absolute Gasteiger partial charge is 0.507 e. The lowest BCUT2D eigenvalue weighted by atomic mass is 10.1. The second kappa shape index (κ2) is 6.14. The van der Waals surface area contributed by atoms with Crippen molar-refractivity contribution in [1.29, 1.82) is 0 Å². The molecule has 0 saturated heterocycles. The van der Waals surface area contributed by atoms with Gasteiger partial charge in [0.15, 0.2) is 0 Å². The Morgan fingerprint density at radius 1 is 1.10 bits per heavy atom. The second-order valence-electron chi connectivity index (χ2n) is 5.13. The summed E-state index contributed by atoms with van der Waals surface area (Å²) in [5.74, 6) is 0.117. The standard InChI is InChI=1S/C16H19ClN2O2/c1-10(16-14(20)5-4-6-15(16)21)18-12-9-11(17)7-8-13(12)19(2)3/h4-10,18,20-21H,1-3H3. The highest BCUT2D eigenvalue weighted by molar-refractivity contribution is 6.31. The van der Waals surface area contributed by atoms with Crippen molar-refractivity contribution in [2.75, 3.05) is 24.3 Å². The zero-order chi connectivity index (χ0) is 15.6. The zero-order valence-electron chi connectivity index (χ0n) is 12.3. The van der Waals surface area contributed by atoms with Crippen molar-refractivity contribution < 1.29 is 10.2 Å². The molecule has 0 radical (unpaired) electrons. The molecule has 21 heavy (non-hydrogen) atoms. The fraction of sp³-hybridized carbons (Fsp3) is 0.250. The third kappa shape index (κ3) is 3.34. The molecule has 0 amide bonds. The molecule has 112 valence electrons. The van der Waals surface area contributed by atoms with E-state index in [0.29, 0.717) is 10.6 Å². The maximum absolute atomic E-state index is 9.94. The predicted molar refractivity (Wildman–Crippen MR) is 87.6 cm³/mol. The average Bonchev–Trinajstić information content (AvgIpc) is 2.38. The van der Waals surface area contributed by atoms with E-state index in [1.54, 1.807) is 18.2 Å². The Labute approximate surface area is 129 Å². The number of benzene rings is 2. The summed E-state index contributed by atoms with van der Waals surface area (Å²) in [7, 11) is 3.88. The molecule has 3 N–H and O–H groups in total. The molecule has 0 aliphatic rings. The van der Waals surface area contributed by atoms with Crippen molar-refractivity contribution in [3.8, 4) is 11.5 Å². The fourth-order valence-electron chi connectivity index (χ4n) is 2.30. The van der Waals surface area contributed by atoms with Gasteiger partial charge in [-0.3, -0.25) is 0 Å². The van der Waals surface area contributed by atoms with E-state index in [1.165, 1.54) is 0 Å². The number of phenols is 2. The van der Waals surface area contributed by atoms with Gasteiger partial charge in [0.25, 0.3) is 0 Å². The maximum Gasteiger partial charge on any atom is 0.124 e. The van der Waals surface area contributed by atoms with Crippen LogP contribution < -0.4 is 10.2 Å². The number of hydrogen-bond donors (Lipinski definition) is 3. The minimum Gasteiger partial charge on any atom is -0.507 e. The summed E-state index contributed by atoms with van der Waals surface area (Å²) in [4.78, 5) is 1.97. The van der Waals surface area contributed by atoms with Crippen LogP contribution in [0.2, 0.25) is 5.02 Å². The summed E-state index contributed by atoms with van der Waals surface area (Å²) >= 11 is 6.06. The Morgan fingerprint density at radius 3 is 2.29 bits per heavy atom. The van der Waals surface area contributed by atoms with Crippen molar-refractivity contribution in [2.24, 2.45) is 0 Å². The monoisotopic (exact) mass is 306 g/mol. The Hall–Kier alpha value is -2.07. The van der Waals surface area contributed by atoms with E-state index in [2.05, 4.69) is 5.32 Å². The van der Waals surface area contributed by atoms with Gasteiger partial charge in [-0.05, 0) is 37.3 Å². The molecule has 2 rings (SSSR count). The molecule has 0 saturated carbocycles. The molecule has 0 bridgehead atoms. The molecule has 0 aliphatic carbocycles. The van der Waals surface area contributed by atoms with Crippen LogP contribution >= 0.6 is 11.6 Å². The van der Waals surface area contributed by atoms with Gasteiger partial charge in [-0.1, -0.05) is 17.7 Å². The summed E-state index contributed by atoms with van der Waals surface area (Å²) in [6.07, 6.45) is 0. The number of nitrogens with zero attached hydrogens (tertiary/aromatic N) is 1. The lowest BCUT2D eigenvalue weighted by Crippen LogP contribution is -2.14. The van der Waals surface area contributed by atoms with Gasteiger partial charge in [0, 0.05) is 19.1 Å². The minimum absolute atomic E-state index is 0.0587. The molecule has 2 aromatic carbocycles. The van der Waals surface area contributed by atoms with Gasteiger partial charge in [0.1, 0.15) is 11.5 Å². The smallest absolute Gasteiger partial charge is 0.124 e. The Bertz CT molecular complexity index is 624. The number of aromatic hydroxyl groups is 2. The van der Waals surface area contributed by atoms with Crippen LogP contribution in [-0.2, 0) is 0 Å². The number of rotatable bonds is 4. The third-order valence-electron chi connectivity index (χ3n) is 3.31. The quantitative estimate of drug-likeness (QED) is 0.799. The number of halogens is 1. The normalized spacial score (nSPS) is 12.0. The van der Waals surface area contributed by atoms with Gasteiger partial charge in [-0.2, -0.15) is 0 Å². The van der Waals surface area contributed by atoms with Crippen LogP contribution in [0.25, 0.3) is 0 Å². The van der Waals surface area contributed by atoms with Crippen molar-refractivity contribution >= 4 is 23.0 Å². The third-order valence-corrected chi connectivity index (χ3v) is 3.54. The van der Waals surface area contributed by atoms with Gasteiger partial charge in [0.2, 0.25) is 0 Å². The van der Waals surface area contributed by atoms with Gasteiger partial charge in [-0.25, -0.2) is 0 Å². The predicted octanol–water partition coefficient (Wildman–Crippen LogP) is 3.99. The summed E-state index contributed by atoms with van der Waals surface area (Å²) in [6.45, 7) is 1.87. The molecule has 0 fully saturated rings. The molecule has 1 unspecified atom stereocenters. The van der Waals surface area contributed by atoms with Gasteiger partial charge in [0.05, 0.1) is 23.0 Å². The topological polar surface area (TPSA) is 55.7 Å². The summed E-state index contributed by atoms with van der Waals surface area (Å²) in [5, 5.41) is 23.8. The number of anilines is 2. The highest BCUT2D eigenvalue weighted by atomic mass is 35.5. The first-order valence-corrected chi connectivity index (χ1v) is 7.02. The summed E-state index contributed by atoms with van der Waals surface area (Å²) in [5.41, 5.74) is 2.27. The van der Waals surface area contributed by atoms with E-state index >= 15 is 0 Å². The first kappa shape index (κ1) is 15.3. The van der Waals surface area contributed by atoms with Crippen LogP contribution in [0.4, 0.5) is 11.4 Å². The van der Waals surface area contributed by atoms with E-state index in [9.17, 15) is 10.2 Å². The molecule has 2 aromatic rings. The van der Waals surface area contributed by atoms with Crippen LogP contribution in [0.5, 0.6) is 11.5 Å². The van der Waals surface area contributed by atoms with Gasteiger partial charge in [-0.15, -0.1) is 0 Å². The maximum atomic E-state index is 9.94. The lowest BCUT2D eigenvalue weighted by molar-refractivity contribution is 0.434. The van der Waals surface area contributed by atoms with E-state index in [1.807, 2.05) is 44.1 Å². The Balaban J connectivity index is 2.36. The number of phenolic OH excluding ortho intramolecular Hbond substituents is 2. The Morgan fingerprint density at radius 2 is 1.71 bits per heavy atom. The molecular weight excluding hydrogens is 288 g/mol. The second-order valence-corrected chi connectivity index (χ2v) is 5.57. The lowest BCUT2D eigenvalue weighted by Gasteiger charge is -2.23. The van der Waals surface area contributed by atoms with Crippen LogP contribution in [0.15, 0.2) is 36.4 Å². The van der Waals surface area contributed by atoms with Crippen molar-refractivity contribution in [3.05, 3.63) is 47.0 Å². The zero-order valence-corrected chi connectivity index (χ0v) is 13.0. The van der Waals surface area contributed by atoms with Crippen LogP contribution in [-0.4, -0.2) is 24.3 Å². The molecule has 0 spiro atoms. The average molecular weight is 307 g/mol. The Kier molecular flexibility index (Phi) is 4.48. The molecule has 0 aliphatic heterocycles. The van der Waals surface area contributed by atoms with Crippen LogP contribution in [0.1, 0.15) is 18.5 Å². The first-order valence-electron chi connectivity index (χ1n) is 6.64. The highest BCUT2D eigenvalue weighted by Gasteiger charge is 2.16. The van der Waals surface area contributed by atoms with E-state index < -0.39 is 0 Å². The number of hydrogen-bond acceptors (Lipinski definition) is 4. The van der Waals surface area contributed by atoms with E-state index in [0.717, 1.165) is 11.4 Å². The molecule has 0 aromatic heterocycles. The van der Waals surface area contributed by atoms with Crippen molar-refractivity contribution in [1.82, 2.24) is 0 Å². The first-order chi connectivity index (χ1) is 9.90. The molecule has 5 heteroatoms. The van der Waals surface area contributed by atoms with Crippen LogP contribution in [0, 0.1) is 0 Å². The molecule has 4 nitrogen and oxygen atoms in total. The van der Waals surface area contributed by atoms with Crippen molar-refractivity contribution in [2.45, 2.75) is 13.0 Å². The highest BCUT2D eigenvalue weighted by Crippen LogP contribution is 2.36. The fourth-order valence-corrected chi connectivity index (χ4v) is 2.48. The molecular formula is C16H19ClN2O2. The molecule has 1 atom stereocenters. The van der Waals surface area contributed by atoms with E-state index in [4.69, 9.17) is 11.6 Å². The van der Waals surface area contributed by atoms with Crippen LogP contribution in [0.3, 0.4) is 0 Å².